The third-order valence-corrected chi connectivity index (χ3v) is 4.02. The van der Waals surface area contributed by atoms with Crippen LogP contribution in [0.1, 0.15) is 37.8 Å². The van der Waals surface area contributed by atoms with Gasteiger partial charge >= 0.3 is 0 Å². The highest BCUT2D eigenvalue weighted by atomic mass is 16.2. The number of piperidine rings is 1. The molecule has 0 spiro atoms. The molecule has 1 saturated heterocycles. The Labute approximate surface area is 122 Å². The van der Waals surface area contributed by atoms with E-state index >= 15 is 0 Å². The van der Waals surface area contributed by atoms with Crippen LogP contribution in [0.15, 0.2) is 24.3 Å². The van der Waals surface area contributed by atoms with Crippen LogP contribution >= 0.6 is 0 Å². The molecule has 1 fully saturated rings. The van der Waals surface area contributed by atoms with Crippen molar-refractivity contribution >= 4 is 5.91 Å². The van der Waals surface area contributed by atoms with Crippen molar-refractivity contribution in [3.05, 3.63) is 35.4 Å². The van der Waals surface area contributed by atoms with E-state index in [9.17, 15) is 4.79 Å². The lowest BCUT2D eigenvalue weighted by molar-refractivity contribution is -0.135. The maximum Gasteiger partial charge on any atom is 0.225 e. The molecule has 0 atom stereocenters. The molecule has 1 aliphatic rings. The van der Waals surface area contributed by atoms with Gasteiger partial charge in [0.15, 0.2) is 0 Å². The van der Waals surface area contributed by atoms with Gasteiger partial charge in [-0.05, 0) is 25.3 Å². The third-order valence-electron chi connectivity index (χ3n) is 4.02. The lowest BCUT2D eigenvalue weighted by Gasteiger charge is -2.33. The smallest absolute Gasteiger partial charge is 0.225 e. The predicted molar refractivity (Wildman–Crippen MR) is 82.5 cm³/mol. The van der Waals surface area contributed by atoms with E-state index in [0.717, 1.165) is 32.5 Å². The minimum atomic E-state index is 0.118. The zero-order chi connectivity index (χ0) is 14.5. The van der Waals surface area contributed by atoms with Crippen molar-refractivity contribution in [3.8, 4) is 0 Å². The molecule has 1 amide bonds. The van der Waals surface area contributed by atoms with Crippen LogP contribution in [0.2, 0.25) is 0 Å². The molecule has 0 aliphatic carbocycles. The van der Waals surface area contributed by atoms with Gasteiger partial charge in [-0.2, -0.15) is 0 Å². The monoisotopic (exact) mass is 274 g/mol. The van der Waals surface area contributed by atoms with Gasteiger partial charge in [0.05, 0.1) is 0 Å². The largest absolute Gasteiger partial charge is 0.342 e. The lowest BCUT2D eigenvalue weighted by Crippen LogP contribution is -2.45. The summed E-state index contributed by atoms with van der Waals surface area (Å²) in [4.78, 5) is 13.9. The van der Waals surface area contributed by atoms with E-state index in [-0.39, 0.29) is 5.92 Å². The van der Waals surface area contributed by atoms with Crippen molar-refractivity contribution in [2.24, 2.45) is 5.92 Å². The molecule has 0 aromatic heterocycles. The van der Waals surface area contributed by atoms with Crippen LogP contribution in [0, 0.1) is 12.8 Å². The van der Waals surface area contributed by atoms with E-state index in [4.69, 9.17) is 0 Å². The van der Waals surface area contributed by atoms with Crippen molar-refractivity contribution in [3.63, 3.8) is 0 Å². The summed E-state index contributed by atoms with van der Waals surface area (Å²) in [5.41, 5.74) is 2.63. The standard InChI is InChI=1S/C17H26N2O/c1-13(2)17(20)19-10-8-16(9-11-19)18-12-15-6-4-14(3)5-7-15/h4-7,13,16,18H,8-12H2,1-3H3. The zero-order valence-corrected chi connectivity index (χ0v) is 12.9. The molecule has 0 radical (unpaired) electrons. The Morgan fingerprint density at radius 1 is 1.25 bits per heavy atom. The SMILES string of the molecule is Cc1ccc(CNC2CCN(C(=O)C(C)C)CC2)cc1. The Morgan fingerprint density at radius 2 is 1.85 bits per heavy atom. The number of carbonyl (C=O) groups excluding carboxylic acids is 1. The number of nitrogens with one attached hydrogen (secondary N) is 1. The predicted octanol–water partition coefficient (Wildman–Crippen LogP) is 2.73. The van der Waals surface area contributed by atoms with Crippen molar-refractivity contribution in [1.29, 1.82) is 0 Å². The van der Waals surface area contributed by atoms with Gasteiger partial charge in [0, 0.05) is 31.6 Å². The second-order valence-electron chi connectivity index (χ2n) is 6.12. The fourth-order valence-electron chi connectivity index (χ4n) is 2.64. The molecular formula is C17H26N2O. The number of hydrogen-bond donors (Lipinski definition) is 1. The molecule has 0 bridgehead atoms. The first-order valence-electron chi connectivity index (χ1n) is 7.64. The normalized spacial score (nSPS) is 16.7. The molecule has 1 N–H and O–H groups in total. The fourth-order valence-corrected chi connectivity index (χ4v) is 2.64. The van der Waals surface area contributed by atoms with Crippen molar-refractivity contribution in [2.75, 3.05) is 13.1 Å². The Morgan fingerprint density at radius 3 is 2.40 bits per heavy atom. The number of hydrogen-bond acceptors (Lipinski definition) is 2. The topological polar surface area (TPSA) is 32.3 Å². The van der Waals surface area contributed by atoms with E-state index in [1.807, 2.05) is 18.7 Å². The van der Waals surface area contributed by atoms with Gasteiger partial charge in [0.25, 0.3) is 0 Å². The highest BCUT2D eigenvalue weighted by Gasteiger charge is 2.23. The number of benzene rings is 1. The van der Waals surface area contributed by atoms with Gasteiger partial charge in [-0.3, -0.25) is 4.79 Å². The molecule has 1 heterocycles. The summed E-state index contributed by atoms with van der Waals surface area (Å²) in [5.74, 6) is 0.411. The number of aryl methyl sites for hydroxylation is 1. The molecular weight excluding hydrogens is 248 g/mol. The van der Waals surface area contributed by atoms with Crippen LogP contribution in [0.5, 0.6) is 0 Å². The fraction of sp³-hybridized carbons (Fsp3) is 0.588. The van der Waals surface area contributed by atoms with E-state index < -0.39 is 0 Å². The van der Waals surface area contributed by atoms with Crippen molar-refractivity contribution in [2.45, 2.75) is 46.2 Å². The van der Waals surface area contributed by atoms with Gasteiger partial charge in [-0.25, -0.2) is 0 Å². The molecule has 2 rings (SSSR count). The van der Waals surface area contributed by atoms with Crippen LogP contribution in [0.25, 0.3) is 0 Å². The third kappa shape index (κ3) is 4.07. The van der Waals surface area contributed by atoms with Crippen LogP contribution in [-0.2, 0) is 11.3 Å². The average Bonchev–Trinajstić information content (AvgIpc) is 2.46. The number of likely N-dealkylation sites (tertiary alicyclic amines) is 1. The van der Waals surface area contributed by atoms with E-state index in [2.05, 4.69) is 36.5 Å². The Kier molecular flexibility index (Phi) is 5.18. The molecule has 110 valence electrons. The minimum Gasteiger partial charge on any atom is -0.342 e. The molecule has 0 saturated carbocycles. The summed E-state index contributed by atoms with van der Waals surface area (Å²) >= 11 is 0. The van der Waals surface area contributed by atoms with E-state index in [1.165, 1.54) is 11.1 Å². The molecule has 3 nitrogen and oxygen atoms in total. The van der Waals surface area contributed by atoms with Crippen molar-refractivity contribution < 1.29 is 4.79 Å². The summed E-state index contributed by atoms with van der Waals surface area (Å²) in [6.45, 7) is 8.76. The van der Waals surface area contributed by atoms with Crippen LogP contribution in [-0.4, -0.2) is 29.9 Å². The summed E-state index contributed by atoms with van der Waals surface area (Å²) in [6, 6.07) is 9.20. The number of carbonyl (C=O) groups is 1. The Hall–Kier alpha value is -1.35. The van der Waals surface area contributed by atoms with Gasteiger partial charge in [0.2, 0.25) is 5.91 Å². The summed E-state index contributed by atoms with van der Waals surface area (Å²) < 4.78 is 0. The number of nitrogens with zero attached hydrogens (tertiary/aromatic N) is 1. The van der Waals surface area contributed by atoms with E-state index in [0.29, 0.717) is 11.9 Å². The summed E-state index contributed by atoms with van der Waals surface area (Å²) in [5, 5.41) is 3.61. The van der Waals surface area contributed by atoms with Crippen LogP contribution < -0.4 is 5.32 Å². The number of rotatable bonds is 4. The van der Waals surface area contributed by atoms with Gasteiger partial charge in [-0.15, -0.1) is 0 Å². The molecule has 3 heteroatoms. The Bertz CT molecular complexity index is 431. The van der Waals surface area contributed by atoms with E-state index in [1.54, 1.807) is 0 Å². The van der Waals surface area contributed by atoms with Crippen molar-refractivity contribution in [1.82, 2.24) is 10.2 Å². The van der Waals surface area contributed by atoms with Crippen LogP contribution in [0.3, 0.4) is 0 Å². The molecule has 0 unspecified atom stereocenters. The van der Waals surface area contributed by atoms with Crippen LogP contribution in [0.4, 0.5) is 0 Å². The number of amides is 1. The zero-order valence-electron chi connectivity index (χ0n) is 12.9. The average molecular weight is 274 g/mol. The first-order valence-corrected chi connectivity index (χ1v) is 7.64. The maximum absolute atomic E-state index is 11.9. The first kappa shape index (κ1) is 15.0. The van der Waals surface area contributed by atoms with Gasteiger partial charge < -0.3 is 10.2 Å². The quantitative estimate of drug-likeness (QED) is 0.915. The highest BCUT2D eigenvalue weighted by Crippen LogP contribution is 2.14. The highest BCUT2D eigenvalue weighted by molar-refractivity contribution is 5.78. The molecule has 1 aromatic rings. The second kappa shape index (κ2) is 6.89. The summed E-state index contributed by atoms with van der Waals surface area (Å²) in [6.07, 6.45) is 2.12. The molecule has 1 aromatic carbocycles. The lowest BCUT2D eigenvalue weighted by atomic mass is 10.0. The first-order chi connectivity index (χ1) is 9.56. The maximum atomic E-state index is 11.9. The van der Waals surface area contributed by atoms with Gasteiger partial charge in [-0.1, -0.05) is 43.7 Å². The minimum absolute atomic E-state index is 0.118. The summed E-state index contributed by atoms with van der Waals surface area (Å²) in [7, 11) is 0. The van der Waals surface area contributed by atoms with Gasteiger partial charge in [0.1, 0.15) is 0 Å². The Balaban J connectivity index is 1.74. The molecule has 20 heavy (non-hydrogen) atoms. The second-order valence-corrected chi connectivity index (χ2v) is 6.12. The molecule has 1 aliphatic heterocycles.